The first-order valence-electron chi connectivity index (χ1n) is 10.1. The average molecular weight is 443 g/mol. The Labute approximate surface area is 190 Å². The third-order valence-electron chi connectivity index (χ3n) is 4.73. The average Bonchev–Trinajstić information content (AvgIpc) is 3.32. The van der Waals surface area contributed by atoms with E-state index >= 15 is 0 Å². The van der Waals surface area contributed by atoms with Crippen molar-refractivity contribution in [1.82, 2.24) is 10.7 Å². The van der Waals surface area contributed by atoms with E-state index in [1.165, 1.54) is 6.21 Å². The molecule has 0 aromatic heterocycles. The molecule has 0 aliphatic carbocycles. The van der Waals surface area contributed by atoms with E-state index < -0.39 is 11.8 Å². The van der Waals surface area contributed by atoms with Crippen LogP contribution in [0.1, 0.15) is 21.5 Å². The summed E-state index contributed by atoms with van der Waals surface area (Å²) in [5, 5.41) is 6.66. The number of nitrogens with zero attached hydrogens (tertiary/aromatic N) is 1. The summed E-state index contributed by atoms with van der Waals surface area (Å²) in [4.78, 5) is 25.5. The molecule has 0 atom stereocenters. The summed E-state index contributed by atoms with van der Waals surface area (Å²) in [5.74, 6) is 0.901. The molecule has 1 aliphatic heterocycles. The number of hydrogen-bond donors (Lipinski definition) is 2. The first kappa shape index (κ1) is 21.6. The van der Waals surface area contributed by atoms with Gasteiger partial charge in [-0.05, 0) is 65.7 Å². The minimum Gasteiger partial charge on any atom is -0.497 e. The van der Waals surface area contributed by atoms with E-state index in [9.17, 15) is 9.59 Å². The first-order valence-corrected chi connectivity index (χ1v) is 10.1. The summed E-state index contributed by atoms with van der Waals surface area (Å²) in [6.07, 6.45) is 3.04. The molecule has 0 bridgehead atoms. The van der Waals surface area contributed by atoms with Crippen LogP contribution in [0.4, 0.5) is 0 Å². The zero-order valence-electron chi connectivity index (χ0n) is 17.8. The summed E-state index contributed by atoms with van der Waals surface area (Å²) in [5.41, 5.74) is 4.31. The van der Waals surface area contributed by atoms with Crippen molar-refractivity contribution in [1.29, 1.82) is 0 Å². The number of methoxy groups -OCH3 is 1. The quantitative estimate of drug-likeness (QED) is 0.332. The van der Waals surface area contributed by atoms with Gasteiger partial charge >= 0.3 is 0 Å². The van der Waals surface area contributed by atoms with Crippen LogP contribution in [0.5, 0.6) is 17.2 Å². The predicted octanol–water partition coefficient (Wildman–Crippen LogP) is 3.35. The highest BCUT2D eigenvalue weighted by molar-refractivity contribution is 6.05. The van der Waals surface area contributed by atoms with Crippen molar-refractivity contribution in [3.8, 4) is 17.2 Å². The lowest BCUT2D eigenvalue weighted by atomic mass is 10.1. The first-order chi connectivity index (χ1) is 16.1. The number of fused-ring (bicyclic) bond motifs is 1. The van der Waals surface area contributed by atoms with Gasteiger partial charge in [-0.25, -0.2) is 5.43 Å². The van der Waals surface area contributed by atoms with E-state index in [1.54, 1.807) is 86.0 Å². The summed E-state index contributed by atoms with van der Waals surface area (Å²) in [6.45, 7) is 0.140. The molecule has 8 heteroatoms. The highest BCUT2D eigenvalue weighted by Crippen LogP contribution is 2.33. The van der Waals surface area contributed by atoms with Gasteiger partial charge in [-0.2, -0.15) is 5.10 Å². The maximum atomic E-state index is 12.9. The topological polar surface area (TPSA) is 98.2 Å². The lowest BCUT2D eigenvalue weighted by molar-refractivity contribution is -0.117. The van der Waals surface area contributed by atoms with Crippen molar-refractivity contribution in [2.75, 3.05) is 13.9 Å². The zero-order chi connectivity index (χ0) is 23.0. The van der Waals surface area contributed by atoms with Gasteiger partial charge in [0.2, 0.25) is 6.79 Å². The molecule has 2 amide bonds. The van der Waals surface area contributed by atoms with Crippen LogP contribution in [0.15, 0.2) is 83.6 Å². The van der Waals surface area contributed by atoms with Crippen molar-refractivity contribution in [2.24, 2.45) is 5.10 Å². The second-order valence-electron chi connectivity index (χ2n) is 6.96. The van der Waals surface area contributed by atoms with Gasteiger partial charge in [0.15, 0.2) is 11.5 Å². The molecule has 3 aromatic rings. The Morgan fingerprint density at radius 1 is 0.939 bits per heavy atom. The lowest BCUT2D eigenvalue weighted by Crippen LogP contribution is -2.32. The highest BCUT2D eigenvalue weighted by Gasteiger charge is 2.16. The van der Waals surface area contributed by atoms with Crippen LogP contribution in [0, 0.1) is 0 Å². The Kier molecular flexibility index (Phi) is 6.65. The highest BCUT2D eigenvalue weighted by atomic mass is 16.7. The summed E-state index contributed by atoms with van der Waals surface area (Å²) in [6, 6.07) is 21.0. The van der Waals surface area contributed by atoms with Crippen LogP contribution in [-0.2, 0) is 4.79 Å². The SMILES string of the molecule is COc1ccc(C=NNC(=O)/C(=C\c2ccc3c(c2)OCO3)NC(=O)c2ccccc2)cc1. The molecular weight excluding hydrogens is 422 g/mol. The normalized spacial score (nSPS) is 12.5. The van der Waals surface area contributed by atoms with Crippen molar-refractivity contribution >= 4 is 24.1 Å². The number of carbonyl (C=O) groups excluding carboxylic acids is 2. The number of amides is 2. The van der Waals surface area contributed by atoms with Crippen molar-refractivity contribution in [3.63, 3.8) is 0 Å². The summed E-state index contributed by atoms with van der Waals surface area (Å²) in [7, 11) is 1.58. The maximum absolute atomic E-state index is 12.9. The molecule has 0 spiro atoms. The molecule has 33 heavy (non-hydrogen) atoms. The third kappa shape index (κ3) is 5.56. The van der Waals surface area contributed by atoms with E-state index in [4.69, 9.17) is 14.2 Å². The molecule has 166 valence electrons. The van der Waals surface area contributed by atoms with Crippen LogP contribution in [0.25, 0.3) is 6.08 Å². The van der Waals surface area contributed by atoms with Gasteiger partial charge in [0.1, 0.15) is 11.4 Å². The number of hydrogen-bond acceptors (Lipinski definition) is 6. The van der Waals surface area contributed by atoms with Crippen molar-refractivity contribution in [2.45, 2.75) is 0 Å². The molecular formula is C25H21N3O5. The Morgan fingerprint density at radius 2 is 1.67 bits per heavy atom. The molecule has 3 aromatic carbocycles. The monoisotopic (exact) mass is 443 g/mol. The van der Waals surface area contributed by atoms with Gasteiger partial charge in [-0.1, -0.05) is 24.3 Å². The van der Waals surface area contributed by atoms with E-state index in [1.807, 2.05) is 0 Å². The second kappa shape index (κ2) is 10.1. The lowest BCUT2D eigenvalue weighted by Gasteiger charge is -2.09. The Hall–Kier alpha value is -4.59. The fourth-order valence-electron chi connectivity index (χ4n) is 3.03. The van der Waals surface area contributed by atoms with Gasteiger partial charge in [0, 0.05) is 5.56 Å². The van der Waals surface area contributed by atoms with Crippen LogP contribution < -0.4 is 25.0 Å². The van der Waals surface area contributed by atoms with Gasteiger partial charge in [0.05, 0.1) is 13.3 Å². The largest absolute Gasteiger partial charge is 0.497 e. The fraction of sp³-hybridized carbons (Fsp3) is 0.0800. The maximum Gasteiger partial charge on any atom is 0.287 e. The molecule has 1 aliphatic rings. The molecule has 0 saturated carbocycles. The third-order valence-corrected chi connectivity index (χ3v) is 4.73. The van der Waals surface area contributed by atoms with E-state index in [0.29, 0.717) is 28.4 Å². The minimum absolute atomic E-state index is 0.0228. The summed E-state index contributed by atoms with van der Waals surface area (Å²) < 4.78 is 15.8. The number of hydrazone groups is 1. The Morgan fingerprint density at radius 3 is 2.42 bits per heavy atom. The van der Waals surface area contributed by atoms with Gasteiger partial charge in [0.25, 0.3) is 11.8 Å². The number of nitrogens with one attached hydrogen (secondary N) is 2. The Bertz CT molecular complexity index is 1200. The fourth-order valence-corrected chi connectivity index (χ4v) is 3.03. The van der Waals surface area contributed by atoms with Gasteiger partial charge < -0.3 is 19.5 Å². The van der Waals surface area contributed by atoms with Crippen LogP contribution >= 0.6 is 0 Å². The van der Waals surface area contributed by atoms with Crippen molar-refractivity contribution < 1.29 is 23.8 Å². The molecule has 1 heterocycles. The molecule has 0 saturated heterocycles. The Balaban J connectivity index is 1.53. The standard InChI is InChI=1S/C25H21N3O5/c1-31-20-10-7-17(8-11-20)15-26-28-25(30)21(27-24(29)19-5-3-2-4-6-19)13-18-9-12-22-23(14-18)33-16-32-22/h2-15H,16H2,1H3,(H,27,29)(H,28,30)/b21-13+,26-15?. The molecule has 0 fully saturated rings. The molecule has 2 N–H and O–H groups in total. The van der Waals surface area contributed by atoms with E-state index in [-0.39, 0.29) is 12.5 Å². The molecule has 4 rings (SSSR count). The summed E-state index contributed by atoms with van der Waals surface area (Å²) >= 11 is 0. The molecule has 0 radical (unpaired) electrons. The van der Waals surface area contributed by atoms with Crippen LogP contribution in [0.3, 0.4) is 0 Å². The van der Waals surface area contributed by atoms with Crippen LogP contribution in [-0.4, -0.2) is 31.9 Å². The van der Waals surface area contributed by atoms with Gasteiger partial charge in [-0.15, -0.1) is 0 Å². The van der Waals surface area contributed by atoms with Gasteiger partial charge in [-0.3, -0.25) is 9.59 Å². The smallest absolute Gasteiger partial charge is 0.287 e. The van der Waals surface area contributed by atoms with E-state index in [2.05, 4.69) is 15.8 Å². The number of rotatable bonds is 7. The van der Waals surface area contributed by atoms with Crippen molar-refractivity contribution in [3.05, 3.63) is 95.2 Å². The second-order valence-corrected chi connectivity index (χ2v) is 6.96. The predicted molar refractivity (Wildman–Crippen MR) is 123 cm³/mol. The van der Waals surface area contributed by atoms with E-state index in [0.717, 1.165) is 5.56 Å². The zero-order valence-corrected chi connectivity index (χ0v) is 17.8. The molecule has 0 unspecified atom stereocenters. The van der Waals surface area contributed by atoms with Crippen LogP contribution in [0.2, 0.25) is 0 Å². The number of ether oxygens (including phenoxy) is 3. The number of carbonyl (C=O) groups is 2. The minimum atomic E-state index is -0.582. The number of benzene rings is 3. The molecule has 8 nitrogen and oxygen atoms in total.